The molecule has 0 saturated carbocycles. The van der Waals surface area contributed by atoms with Crippen LogP contribution >= 0.6 is 23.1 Å². The average Bonchev–Trinajstić information content (AvgIpc) is 3.81. The number of tetrazole rings is 1. The van der Waals surface area contributed by atoms with Crippen LogP contribution in [0, 0.1) is 0 Å². The van der Waals surface area contributed by atoms with Crippen LogP contribution in [-0.4, -0.2) is 37.4 Å². The molecule has 3 aromatic heterocycles. The lowest BCUT2D eigenvalue weighted by molar-refractivity contribution is -0.138. The predicted molar refractivity (Wildman–Crippen MR) is 169 cm³/mol. The summed E-state index contributed by atoms with van der Waals surface area (Å²) in [4.78, 5) is 32.9. The number of ether oxygens (including phenoxy) is 1. The van der Waals surface area contributed by atoms with E-state index in [1.807, 2.05) is 91.0 Å². The van der Waals surface area contributed by atoms with E-state index < -0.39 is 12.0 Å². The van der Waals surface area contributed by atoms with Gasteiger partial charge in [0.05, 0.1) is 34.1 Å². The van der Waals surface area contributed by atoms with E-state index >= 15 is 0 Å². The van der Waals surface area contributed by atoms with Gasteiger partial charge in [0.1, 0.15) is 5.76 Å². The van der Waals surface area contributed by atoms with Crippen molar-refractivity contribution in [1.29, 1.82) is 0 Å². The Labute approximate surface area is 264 Å². The first-order valence-electron chi connectivity index (χ1n) is 14.1. The minimum Gasteiger partial charge on any atom is -0.463 e. The van der Waals surface area contributed by atoms with E-state index in [2.05, 4.69) is 15.5 Å². The Morgan fingerprint density at radius 2 is 1.69 bits per heavy atom. The van der Waals surface area contributed by atoms with Gasteiger partial charge in [-0.05, 0) is 58.9 Å². The number of aromatic nitrogens is 5. The first-order chi connectivity index (χ1) is 22.1. The molecule has 0 aliphatic carbocycles. The van der Waals surface area contributed by atoms with Gasteiger partial charge in [-0.1, -0.05) is 90.2 Å². The number of esters is 1. The summed E-state index contributed by atoms with van der Waals surface area (Å²) >= 11 is 2.50. The maximum Gasteiger partial charge on any atom is 0.338 e. The molecule has 1 atom stereocenters. The molecule has 1 aliphatic heterocycles. The van der Waals surface area contributed by atoms with Gasteiger partial charge in [-0.15, -0.1) is 5.10 Å². The van der Waals surface area contributed by atoms with Crippen molar-refractivity contribution in [2.75, 3.05) is 6.61 Å². The second kappa shape index (κ2) is 12.3. The maximum atomic E-state index is 14.1. The minimum absolute atomic E-state index is 0.187. The Kier molecular flexibility index (Phi) is 7.80. The van der Waals surface area contributed by atoms with Gasteiger partial charge < -0.3 is 9.15 Å². The molecule has 45 heavy (non-hydrogen) atoms. The largest absolute Gasteiger partial charge is 0.463 e. The van der Waals surface area contributed by atoms with E-state index in [1.54, 1.807) is 34.4 Å². The minimum atomic E-state index is -0.738. The Bertz CT molecular complexity index is 2200. The molecule has 222 valence electrons. The highest BCUT2D eigenvalue weighted by atomic mass is 32.2. The number of thiazole rings is 1. The summed E-state index contributed by atoms with van der Waals surface area (Å²) < 4.78 is 15.2. The lowest BCUT2D eigenvalue weighted by Gasteiger charge is -2.25. The number of nitrogens with zero attached hydrogens (tertiary/aromatic N) is 6. The summed E-state index contributed by atoms with van der Waals surface area (Å²) in [6.07, 6.45) is 1.69. The van der Waals surface area contributed by atoms with E-state index in [0.29, 0.717) is 36.6 Å². The average molecular weight is 633 g/mol. The normalized spacial score (nSPS) is 14.7. The Hall–Kier alpha value is -5.33. The van der Waals surface area contributed by atoms with E-state index in [0.717, 1.165) is 16.8 Å². The SMILES string of the molecule is CCOC(=O)C1=C(c2ccccc2)N=c2s/c(=C\c3ccc(Sc4nnnn4-c4ccccc4)o3)c(=O)n2[C@H]1c1ccccc1. The van der Waals surface area contributed by atoms with Crippen LogP contribution in [-0.2, 0) is 9.53 Å². The van der Waals surface area contributed by atoms with Crippen LogP contribution in [0.2, 0.25) is 0 Å². The van der Waals surface area contributed by atoms with Gasteiger partial charge in [0.2, 0.25) is 5.16 Å². The highest BCUT2D eigenvalue weighted by molar-refractivity contribution is 7.99. The molecule has 0 unspecified atom stereocenters. The monoisotopic (exact) mass is 632 g/mol. The van der Waals surface area contributed by atoms with Crippen molar-refractivity contribution in [3.05, 3.63) is 145 Å². The fraction of sp³-hybridized carbons (Fsp3) is 0.0909. The highest BCUT2D eigenvalue weighted by Gasteiger charge is 2.35. The molecule has 3 aromatic carbocycles. The van der Waals surface area contributed by atoms with Crippen LogP contribution in [0.25, 0.3) is 17.5 Å². The van der Waals surface area contributed by atoms with Crippen LogP contribution in [0.1, 0.15) is 29.9 Å². The van der Waals surface area contributed by atoms with Gasteiger partial charge in [0.25, 0.3) is 5.56 Å². The maximum absolute atomic E-state index is 14.1. The molecule has 0 radical (unpaired) electrons. The first kappa shape index (κ1) is 28.4. The van der Waals surface area contributed by atoms with Gasteiger partial charge in [-0.2, -0.15) is 4.68 Å². The van der Waals surface area contributed by atoms with E-state index in [4.69, 9.17) is 14.1 Å². The number of furan rings is 1. The van der Waals surface area contributed by atoms with Gasteiger partial charge in [-0.3, -0.25) is 9.36 Å². The second-order valence-electron chi connectivity index (χ2n) is 9.81. The van der Waals surface area contributed by atoms with E-state index in [-0.39, 0.29) is 12.2 Å². The van der Waals surface area contributed by atoms with Gasteiger partial charge >= 0.3 is 5.97 Å². The summed E-state index contributed by atoms with van der Waals surface area (Å²) in [5.74, 6) is -0.0422. The number of para-hydroxylation sites is 1. The molecule has 0 saturated heterocycles. The summed E-state index contributed by atoms with van der Waals surface area (Å²) in [7, 11) is 0. The van der Waals surface area contributed by atoms with E-state index in [9.17, 15) is 9.59 Å². The molecule has 6 aromatic rings. The quantitative estimate of drug-likeness (QED) is 0.223. The molecule has 7 rings (SSSR count). The zero-order valence-electron chi connectivity index (χ0n) is 23.8. The van der Waals surface area contributed by atoms with Gasteiger partial charge in [-0.25, -0.2) is 9.79 Å². The Morgan fingerprint density at radius 1 is 0.978 bits per heavy atom. The molecule has 12 heteroatoms. The fourth-order valence-corrected chi connectivity index (χ4v) is 6.79. The first-order valence-corrected chi connectivity index (χ1v) is 15.7. The number of hydrogen-bond donors (Lipinski definition) is 0. The highest BCUT2D eigenvalue weighted by Crippen LogP contribution is 2.35. The number of rotatable bonds is 8. The molecular weight excluding hydrogens is 609 g/mol. The standard InChI is InChI=1S/C33H24N6O4S2/c1-2-42-31(41)27-28(21-12-6-3-7-13-21)34-32-38(29(27)22-14-8-4-9-15-22)30(40)25(44-32)20-24-18-19-26(43-24)45-33-35-36-37-39(33)23-16-10-5-11-17-23/h3-20,29H,2H2,1H3/b25-20-/t29-/m0/s1. The van der Waals surface area contributed by atoms with Crippen LogP contribution in [0.4, 0.5) is 0 Å². The fourth-order valence-electron chi connectivity index (χ4n) is 5.05. The van der Waals surface area contributed by atoms with Crippen LogP contribution in [0.15, 0.2) is 133 Å². The summed E-state index contributed by atoms with van der Waals surface area (Å²) in [6, 6.07) is 31.3. The zero-order chi connectivity index (χ0) is 30.8. The number of fused-ring (bicyclic) bond motifs is 1. The van der Waals surface area contributed by atoms with Crippen molar-refractivity contribution >= 4 is 40.8 Å². The van der Waals surface area contributed by atoms with E-state index in [1.165, 1.54) is 23.1 Å². The van der Waals surface area contributed by atoms with Gasteiger partial charge in [0, 0.05) is 11.6 Å². The van der Waals surface area contributed by atoms with Crippen molar-refractivity contribution < 1.29 is 13.9 Å². The molecule has 0 N–H and O–H groups in total. The van der Waals surface area contributed by atoms with Crippen LogP contribution in [0.5, 0.6) is 0 Å². The summed E-state index contributed by atoms with van der Waals surface area (Å²) in [5.41, 5.74) is 2.83. The Balaban J connectivity index is 1.32. The van der Waals surface area contributed by atoms with Crippen molar-refractivity contribution in [1.82, 2.24) is 24.8 Å². The van der Waals surface area contributed by atoms with Crippen molar-refractivity contribution in [3.63, 3.8) is 0 Å². The zero-order valence-corrected chi connectivity index (χ0v) is 25.4. The van der Waals surface area contributed by atoms with Crippen molar-refractivity contribution in [3.8, 4) is 5.69 Å². The van der Waals surface area contributed by atoms with Crippen LogP contribution in [0.3, 0.4) is 0 Å². The summed E-state index contributed by atoms with van der Waals surface area (Å²) in [5, 5.41) is 13.1. The number of hydrogen-bond acceptors (Lipinski definition) is 10. The molecule has 0 spiro atoms. The summed E-state index contributed by atoms with van der Waals surface area (Å²) in [6.45, 7) is 1.94. The number of benzene rings is 3. The Morgan fingerprint density at radius 3 is 2.42 bits per heavy atom. The van der Waals surface area contributed by atoms with Crippen LogP contribution < -0.4 is 14.9 Å². The number of carbonyl (C=O) groups excluding carboxylic acids is 1. The molecule has 10 nitrogen and oxygen atoms in total. The molecule has 4 heterocycles. The molecule has 0 amide bonds. The van der Waals surface area contributed by atoms with Crippen molar-refractivity contribution in [2.24, 2.45) is 4.99 Å². The molecule has 1 aliphatic rings. The second-order valence-corrected chi connectivity index (χ2v) is 11.8. The third-order valence-corrected chi connectivity index (χ3v) is 8.84. The van der Waals surface area contributed by atoms with Crippen molar-refractivity contribution in [2.45, 2.75) is 23.2 Å². The topological polar surface area (TPSA) is 117 Å². The number of carbonyl (C=O) groups is 1. The molecule has 0 bridgehead atoms. The molecular formula is C33H24N6O4S2. The lowest BCUT2D eigenvalue weighted by atomic mass is 9.93. The third kappa shape index (κ3) is 5.56. The smallest absolute Gasteiger partial charge is 0.338 e. The van der Waals surface area contributed by atoms with Gasteiger partial charge in [0.15, 0.2) is 9.89 Å². The lowest BCUT2D eigenvalue weighted by Crippen LogP contribution is -2.39. The third-order valence-electron chi connectivity index (χ3n) is 7.00. The molecule has 0 fully saturated rings. The predicted octanol–water partition coefficient (Wildman–Crippen LogP) is 4.66.